The third kappa shape index (κ3) is 2.69. The maximum Gasteiger partial charge on any atom is 0.0865 e. The van der Waals surface area contributed by atoms with Crippen molar-refractivity contribution >= 4 is 11.6 Å². The summed E-state index contributed by atoms with van der Waals surface area (Å²) < 4.78 is 4.10. The second kappa shape index (κ2) is 5.02. The van der Waals surface area contributed by atoms with Crippen molar-refractivity contribution in [2.75, 3.05) is 0 Å². The lowest BCUT2D eigenvalue weighted by Crippen LogP contribution is -2.18. The Labute approximate surface area is 118 Å². The van der Waals surface area contributed by atoms with Crippen LogP contribution >= 0.6 is 11.6 Å². The fraction of sp³-hybridized carbons (Fsp3) is 0.500. The summed E-state index contributed by atoms with van der Waals surface area (Å²) in [7, 11) is 1.94. The van der Waals surface area contributed by atoms with Gasteiger partial charge in [0.05, 0.1) is 23.0 Å². The van der Waals surface area contributed by atoms with Gasteiger partial charge in [0, 0.05) is 31.5 Å². The summed E-state index contributed by atoms with van der Waals surface area (Å²) in [5.41, 5.74) is 3.24. The molecule has 0 saturated heterocycles. The van der Waals surface area contributed by atoms with Gasteiger partial charge in [-0.15, -0.1) is 0 Å². The highest BCUT2D eigenvalue weighted by Crippen LogP contribution is 2.22. The van der Waals surface area contributed by atoms with Crippen molar-refractivity contribution in [3.63, 3.8) is 0 Å². The molecule has 1 saturated carbocycles. The highest BCUT2D eigenvalue weighted by Gasteiger charge is 2.20. The molecule has 0 aliphatic heterocycles. The fourth-order valence-electron chi connectivity index (χ4n) is 2.31. The van der Waals surface area contributed by atoms with Crippen LogP contribution in [0.1, 0.15) is 29.9 Å². The number of hydrogen-bond acceptors (Lipinski definition) is 2. The lowest BCUT2D eigenvalue weighted by Gasteiger charge is -2.10. The molecule has 2 aromatic heterocycles. The normalized spacial score (nSPS) is 15.1. The van der Waals surface area contributed by atoms with Crippen LogP contribution in [0.2, 0.25) is 5.02 Å². The summed E-state index contributed by atoms with van der Waals surface area (Å²) in [6.45, 7) is 3.63. The zero-order valence-corrected chi connectivity index (χ0v) is 12.1. The van der Waals surface area contributed by atoms with Crippen LogP contribution in [-0.2, 0) is 20.1 Å². The molecule has 2 heterocycles. The number of aryl methyl sites for hydroxylation is 2. The van der Waals surface area contributed by atoms with E-state index in [1.165, 1.54) is 18.5 Å². The molecular weight excluding hydrogens is 260 g/mol. The topological polar surface area (TPSA) is 34.8 Å². The molecule has 0 aromatic carbocycles. The molecule has 0 unspecified atom stereocenters. The third-order valence-corrected chi connectivity index (χ3v) is 4.15. The number of nitrogens with zero attached hydrogens (tertiary/aromatic N) is 3. The van der Waals surface area contributed by atoms with Gasteiger partial charge >= 0.3 is 0 Å². The van der Waals surface area contributed by atoms with Crippen LogP contribution in [0, 0.1) is 6.92 Å². The number of hydrogen-bond donors (Lipinski definition) is 1. The Morgan fingerprint density at radius 2 is 2.26 bits per heavy atom. The molecule has 1 fully saturated rings. The Morgan fingerprint density at radius 3 is 2.89 bits per heavy atom. The van der Waals surface area contributed by atoms with E-state index >= 15 is 0 Å². The van der Waals surface area contributed by atoms with Gasteiger partial charge in [-0.05, 0) is 31.9 Å². The van der Waals surface area contributed by atoms with Crippen LogP contribution in [-0.4, -0.2) is 20.4 Å². The summed E-state index contributed by atoms with van der Waals surface area (Å²) >= 11 is 6.31. The van der Waals surface area contributed by atoms with Gasteiger partial charge in [0.25, 0.3) is 0 Å². The maximum atomic E-state index is 6.31. The van der Waals surface area contributed by atoms with E-state index in [4.69, 9.17) is 11.6 Å². The van der Waals surface area contributed by atoms with E-state index in [0.717, 1.165) is 35.5 Å². The largest absolute Gasteiger partial charge is 0.344 e. The van der Waals surface area contributed by atoms with E-state index in [2.05, 4.69) is 33.3 Å². The molecule has 5 heteroatoms. The van der Waals surface area contributed by atoms with Gasteiger partial charge in [0.15, 0.2) is 0 Å². The van der Waals surface area contributed by atoms with Gasteiger partial charge in [0.2, 0.25) is 0 Å². The molecule has 0 amide bonds. The van der Waals surface area contributed by atoms with E-state index in [1.807, 2.05) is 18.7 Å². The Balaban J connectivity index is 1.76. The van der Waals surface area contributed by atoms with Crippen molar-refractivity contribution in [2.45, 2.75) is 38.9 Å². The molecule has 2 aromatic rings. The van der Waals surface area contributed by atoms with Crippen LogP contribution in [0.3, 0.4) is 0 Å². The number of rotatable bonds is 5. The van der Waals surface area contributed by atoms with E-state index < -0.39 is 0 Å². The van der Waals surface area contributed by atoms with Crippen molar-refractivity contribution in [3.05, 3.63) is 40.4 Å². The SMILES string of the molecule is Cc1nn(C)c(Cn2cccc2CNC2CC2)c1Cl. The summed E-state index contributed by atoms with van der Waals surface area (Å²) in [6.07, 6.45) is 4.73. The highest BCUT2D eigenvalue weighted by atomic mass is 35.5. The van der Waals surface area contributed by atoms with Gasteiger partial charge in [-0.3, -0.25) is 4.68 Å². The Hall–Kier alpha value is -1.26. The lowest BCUT2D eigenvalue weighted by atomic mass is 10.3. The van der Waals surface area contributed by atoms with Crippen LogP contribution in [0.4, 0.5) is 0 Å². The molecule has 1 aliphatic carbocycles. The number of aromatic nitrogens is 3. The minimum Gasteiger partial charge on any atom is -0.344 e. The molecule has 3 rings (SSSR count). The molecule has 19 heavy (non-hydrogen) atoms. The second-order valence-corrected chi connectivity index (χ2v) is 5.63. The van der Waals surface area contributed by atoms with Crippen molar-refractivity contribution in [1.29, 1.82) is 0 Å². The quantitative estimate of drug-likeness (QED) is 0.912. The van der Waals surface area contributed by atoms with Crippen LogP contribution < -0.4 is 5.32 Å². The summed E-state index contributed by atoms with van der Waals surface area (Å²) in [5.74, 6) is 0. The molecule has 1 N–H and O–H groups in total. The summed E-state index contributed by atoms with van der Waals surface area (Å²) in [6, 6.07) is 4.97. The van der Waals surface area contributed by atoms with E-state index in [0.29, 0.717) is 0 Å². The molecule has 0 bridgehead atoms. The Kier molecular flexibility index (Phi) is 3.37. The number of halogens is 1. The molecule has 0 radical (unpaired) electrons. The van der Waals surface area contributed by atoms with Gasteiger partial charge in [-0.1, -0.05) is 11.6 Å². The molecule has 4 nitrogen and oxygen atoms in total. The van der Waals surface area contributed by atoms with Crippen molar-refractivity contribution < 1.29 is 0 Å². The van der Waals surface area contributed by atoms with Gasteiger partial charge in [-0.25, -0.2) is 0 Å². The maximum absolute atomic E-state index is 6.31. The molecule has 0 spiro atoms. The van der Waals surface area contributed by atoms with Gasteiger partial charge in [-0.2, -0.15) is 5.10 Å². The minimum absolute atomic E-state index is 0.728. The molecular formula is C14H19ClN4. The van der Waals surface area contributed by atoms with Gasteiger partial charge < -0.3 is 9.88 Å². The standard InChI is InChI=1S/C14H19ClN4/c1-10-14(15)13(18(2)17-10)9-19-7-3-4-12(19)8-16-11-5-6-11/h3-4,7,11,16H,5-6,8-9H2,1-2H3. The van der Waals surface area contributed by atoms with E-state index in [1.54, 1.807) is 0 Å². The highest BCUT2D eigenvalue weighted by molar-refractivity contribution is 6.31. The molecule has 0 atom stereocenters. The Morgan fingerprint density at radius 1 is 1.47 bits per heavy atom. The number of nitrogens with one attached hydrogen (secondary N) is 1. The fourth-order valence-corrected chi connectivity index (χ4v) is 2.53. The smallest absolute Gasteiger partial charge is 0.0865 e. The first-order chi connectivity index (χ1) is 9.15. The minimum atomic E-state index is 0.728. The summed E-state index contributed by atoms with van der Waals surface area (Å²) in [5, 5.41) is 8.68. The first-order valence-corrected chi connectivity index (χ1v) is 7.08. The Bertz CT molecular complexity index is 580. The average molecular weight is 279 g/mol. The molecule has 1 aliphatic rings. The van der Waals surface area contributed by atoms with Crippen LogP contribution in [0.25, 0.3) is 0 Å². The van der Waals surface area contributed by atoms with E-state index in [9.17, 15) is 0 Å². The predicted octanol–water partition coefficient (Wildman–Crippen LogP) is 2.48. The first-order valence-electron chi connectivity index (χ1n) is 6.70. The predicted molar refractivity (Wildman–Crippen MR) is 76.4 cm³/mol. The first kappa shape index (κ1) is 12.8. The van der Waals surface area contributed by atoms with Crippen molar-refractivity contribution in [2.24, 2.45) is 7.05 Å². The molecule has 102 valence electrons. The average Bonchev–Trinajstić information content (AvgIpc) is 3.06. The van der Waals surface area contributed by atoms with Crippen molar-refractivity contribution in [1.82, 2.24) is 19.7 Å². The third-order valence-electron chi connectivity index (χ3n) is 3.65. The van der Waals surface area contributed by atoms with E-state index in [-0.39, 0.29) is 0 Å². The zero-order chi connectivity index (χ0) is 13.4. The van der Waals surface area contributed by atoms with Crippen molar-refractivity contribution in [3.8, 4) is 0 Å². The summed E-state index contributed by atoms with van der Waals surface area (Å²) in [4.78, 5) is 0. The van der Waals surface area contributed by atoms with Crippen LogP contribution in [0.15, 0.2) is 18.3 Å². The van der Waals surface area contributed by atoms with Crippen LogP contribution in [0.5, 0.6) is 0 Å². The zero-order valence-electron chi connectivity index (χ0n) is 11.4. The second-order valence-electron chi connectivity index (χ2n) is 5.25. The van der Waals surface area contributed by atoms with Gasteiger partial charge in [0.1, 0.15) is 0 Å². The lowest BCUT2D eigenvalue weighted by molar-refractivity contribution is 0.610. The monoisotopic (exact) mass is 278 g/mol.